The Kier molecular flexibility index (Phi) is 7.82. The van der Waals surface area contributed by atoms with Crippen molar-refractivity contribution < 1.29 is 4.39 Å². The summed E-state index contributed by atoms with van der Waals surface area (Å²) < 4.78 is 13.7. The first-order valence-electron chi connectivity index (χ1n) is 10.8. The molecule has 1 aliphatic heterocycles. The number of allylic oxidation sites excluding steroid dienone is 3. The van der Waals surface area contributed by atoms with Gasteiger partial charge in [0.25, 0.3) is 0 Å². The minimum Gasteiger partial charge on any atom is -0.383 e. The van der Waals surface area contributed by atoms with Crippen molar-refractivity contribution in [1.82, 2.24) is 21.4 Å². The quantitative estimate of drug-likeness (QED) is 0.320. The third-order valence-electron chi connectivity index (χ3n) is 5.07. The molecule has 178 valence electrons. The summed E-state index contributed by atoms with van der Waals surface area (Å²) in [5, 5.41) is 17.6. The second-order valence-electron chi connectivity index (χ2n) is 9.08. The number of hydrogen-bond acceptors (Lipinski definition) is 7. The van der Waals surface area contributed by atoms with Crippen LogP contribution in [0.5, 0.6) is 0 Å². The number of pyridine rings is 1. The lowest BCUT2D eigenvalue weighted by atomic mass is 9.96. The molecule has 5 N–H and O–H groups in total. The Morgan fingerprint density at radius 1 is 1.35 bits per heavy atom. The van der Waals surface area contributed by atoms with Gasteiger partial charge < -0.3 is 21.5 Å². The Labute approximate surface area is 204 Å². The van der Waals surface area contributed by atoms with Gasteiger partial charge in [-0.1, -0.05) is 51.1 Å². The van der Waals surface area contributed by atoms with E-state index in [1.54, 1.807) is 25.3 Å². The largest absolute Gasteiger partial charge is 0.383 e. The maximum atomic E-state index is 13.7. The van der Waals surface area contributed by atoms with Crippen LogP contribution in [-0.4, -0.2) is 17.6 Å². The molecule has 0 saturated heterocycles. The van der Waals surface area contributed by atoms with Gasteiger partial charge in [-0.3, -0.25) is 4.98 Å². The lowest BCUT2D eigenvalue weighted by molar-refractivity contribution is 0.443. The number of halogens is 2. The van der Waals surface area contributed by atoms with E-state index in [1.807, 2.05) is 6.07 Å². The van der Waals surface area contributed by atoms with Crippen molar-refractivity contribution in [3.63, 3.8) is 0 Å². The van der Waals surface area contributed by atoms with Crippen LogP contribution in [0.25, 0.3) is 10.9 Å². The van der Waals surface area contributed by atoms with Crippen molar-refractivity contribution in [2.75, 3.05) is 17.2 Å². The van der Waals surface area contributed by atoms with Crippen LogP contribution in [-0.2, 0) is 0 Å². The SMILES string of the molecule is C=C(/C=C\C(F)=C/C)[C@H](Nc1cc(Cl)c2ncc(C#N)c(NCC(C)(C)C)c2c1)C1=CNNN1. The van der Waals surface area contributed by atoms with E-state index in [4.69, 9.17) is 11.6 Å². The molecule has 1 aromatic heterocycles. The van der Waals surface area contributed by atoms with Crippen LogP contribution in [0.15, 0.2) is 66.4 Å². The summed E-state index contributed by atoms with van der Waals surface area (Å²) in [5.41, 5.74) is 12.4. The van der Waals surface area contributed by atoms with Crippen molar-refractivity contribution in [3.8, 4) is 6.07 Å². The smallest absolute Gasteiger partial charge is 0.118 e. The molecule has 0 unspecified atom stereocenters. The van der Waals surface area contributed by atoms with Crippen LogP contribution in [0, 0.1) is 16.7 Å². The Morgan fingerprint density at radius 3 is 2.74 bits per heavy atom. The standard InChI is InChI=1S/C25H29ClFN7/c1-6-17(27)8-7-15(2)22(21-13-31-34-33-21)32-18-9-19-23(30-14-25(3,4)5)16(11-28)12-29-24(19)20(26)10-18/h6-10,12-13,22,31-34H,2,14H2,1,3-5H3,(H,29,30)/b8-7-,17-6+/t22-/m0/s1. The molecule has 0 radical (unpaired) electrons. The highest BCUT2D eigenvalue weighted by molar-refractivity contribution is 6.35. The second kappa shape index (κ2) is 10.6. The number of hydrazine groups is 2. The molecule has 1 atom stereocenters. The number of rotatable bonds is 8. The Morgan fingerprint density at radius 2 is 2.12 bits per heavy atom. The summed E-state index contributed by atoms with van der Waals surface area (Å²) in [6.45, 7) is 12.7. The van der Waals surface area contributed by atoms with Gasteiger partial charge in [-0.15, -0.1) is 0 Å². The molecule has 7 nitrogen and oxygen atoms in total. The first-order valence-corrected chi connectivity index (χ1v) is 11.2. The number of nitrogens with zero attached hydrogens (tertiary/aromatic N) is 2. The Hall–Kier alpha value is -3.54. The van der Waals surface area contributed by atoms with Crippen LogP contribution in [0.4, 0.5) is 15.8 Å². The van der Waals surface area contributed by atoms with E-state index in [-0.39, 0.29) is 11.2 Å². The van der Waals surface area contributed by atoms with E-state index in [2.05, 4.69) is 65.4 Å². The fraction of sp³-hybridized carbons (Fsp3) is 0.280. The highest BCUT2D eigenvalue weighted by Gasteiger charge is 2.21. The number of nitrogens with one attached hydrogen (secondary N) is 5. The maximum Gasteiger partial charge on any atom is 0.118 e. The lowest BCUT2D eigenvalue weighted by Crippen LogP contribution is -2.37. The van der Waals surface area contributed by atoms with Gasteiger partial charge in [0.05, 0.1) is 33.5 Å². The van der Waals surface area contributed by atoms with Gasteiger partial charge in [0, 0.05) is 30.0 Å². The first kappa shape index (κ1) is 25.1. The van der Waals surface area contributed by atoms with Crippen molar-refractivity contribution in [3.05, 3.63) is 77.0 Å². The fourth-order valence-corrected chi connectivity index (χ4v) is 3.57. The minimum atomic E-state index is -0.421. The van der Waals surface area contributed by atoms with E-state index in [0.717, 1.165) is 11.1 Å². The summed E-state index contributed by atoms with van der Waals surface area (Å²) in [7, 11) is 0. The van der Waals surface area contributed by atoms with Crippen LogP contribution in [0.3, 0.4) is 0 Å². The molecular weight excluding hydrogens is 453 g/mol. The Balaban J connectivity index is 2.04. The number of nitriles is 1. The molecular formula is C25H29ClFN7. The molecule has 0 aliphatic carbocycles. The van der Waals surface area contributed by atoms with Gasteiger partial charge in [-0.25, -0.2) is 4.39 Å². The predicted molar refractivity (Wildman–Crippen MR) is 137 cm³/mol. The zero-order chi connectivity index (χ0) is 24.9. The van der Waals surface area contributed by atoms with Crippen molar-refractivity contribution >= 4 is 33.9 Å². The van der Waals surface area contributed by atoms with Crippen molar-refractivity contribution in [2.24, 2.45) is 5.41 Å². The lowest BCUT2D eigenvalue weighted by Gasteiger charge is -2.23. The van der Waals surface area contributed by atoms with Gasteiger partial charge in [-0.05, 0) is 36.1 Å². The summed E-state index contributed by atoms with van der Waals surface area (Å²) >= 11 is 6.60. The van der Waals surface area contributed by atoms with Crippen LogP contribution in [0.2, 0.25) is 5.02 Å². The number of fused-ring (bicyclic) bond motifs is 1. The van der Waals surface area contributed by atoms with Crippen molar-refractivity contribution in [1.29, 1.82) is 5.26 Å². The normalized spacial score (nSPS) is 14.9. The molecule has 0 bridgehead atoms. The molecule has 2 aromatic rings. The predicted octanol–water partition coefficient (Wildman–Crippen LogP) is 5.44. The first-order chi connectivity index (χ1) is 16.1. The van der Waals surface area contributed by atoms with E-state index in [9.17, 15) is 9.65 Å². The molecule has 0 spiro atoms. The zero-order valence-corrected chi connectivity index (χ0v) is 20.4. The van der Waals surface area contributed by atoms with Crippen LogP contribution < -0.4 is 27.0 Å². The molecule has 34 heavy (non-hydrogen) atoms. The van der Waals surface area contributed by atoms with E-state index in [0.29, 0.717) is 39.6 Å². The molecule has 0 fully saturated rings. The van der Waals surface area contributed by atoms with Crippen LogP contribution >= 0.6 is 11.6 Å². The van der Waals surface area contributed by atoms with E-state index in [1.165, 1.54) is 18.3 Å². The Bertz CT molecular complexity index is 1220. The minimum absolute atomic E-state index is 0.0000274. The van der Waals surface area contributed by atoms with Gasteiger partial charge in [-0.2, -0.15) is 10.8 Å². The van der Waals surface area contributed by atoms with Crippen molar-refractivity contribution in [2.45, 2.75) is 33.7 Å². The summed E-state index contributed by atoms with van der Waals surface area (Å²) in [6.07, 6.45) is 7.62. The third-order valence-corrected chi connectivity index (χ3v) is 5.36. The van der Waals surface area contributed by atoms with Gasteiger partial charge >= 0.3 is 0 Å². The van der Waals surface area contributed by atoms with Gasteiger partial charge in [0.1, 0.15) is 11.9 Å². The molecule has 0 amide bonds. The van der Waals surface area contributed by atoms with Gasteiger partial charge in [0.15, 0.2) is 0 Å². The van der Waals surface area contributed by atoms with E-state index >= 15 is 0 Å². The topological polar surface area (TPSA) is 96.8 Å². The molecule has 1 aromatic carbocycles. The average molecular weight is 482 g/mol. The molecule has 9 heteroatoms. The zero-order valence-electron chi connectivity index (χ0n) is 19.7. The maximum absolute atomic E-state index is 13.7. The molecule has 0 saturated carbocycles. The second-order valence-corrected chi connectivity index (χ2v) is 9.49. The summed E-state index contributed by atoms with van der Waals surface area (Å²) in [6, 6.07) is 5.45. The van der Waals surface area contributed by atoms with E-state index < -0.39 is 6.04 Å². The van der Waals surface area contributed by atoms with Crippen LogP contribution in [0.1, 0.15) is 33.3 Å². The average Bonchev–Trinajstić information content (AvgIpc) is 3.33. The molecule has 1 aliphatic rings. The highest BCUT2D eigenvalue weighted by Crippen LogP contribution is 2.34. The number of anilines is 2. The molecule has 2 heterocycles. The number of hydrogen-bond donors (Lipinski definition) is 5. The monoisotopic (exact) mass is 481 g/mol. The van der Waals surface area contributed by atoms with Gasteiger partial charge in [0.2, 0.25) is 0 Å². The highest BCUT2D eigenvalue weighted by atomic mass is 35.5. The fourth-order valence-electron chi connectivity index (χ4n) is 3.30. The number of aromatic nitrogens is 1. The summed E-state index contributed by atoms with van der Waals surface area (Å²) in [4.78, 5) is 4.41. The third kappa shape index (κ3) is 6.07. The number of benzene rings is 1. The summed E-state index contributed by atoms with van der Waals surface area (Å²) in [5.74, 6) is -0.358. The molecule has 3 rings (SSSR count).